The van der Waals surface area contributed by atoms with Gasteiger partial charge in [-0.15, -0.1) is 0 Å². The van der Waals surface area contributed by atoms with Gasteiger partial charge in [0, 0.05) is 24.3 Å². The number of benzene rings is 1. The van der Waals surface area contributed by atoms with Gasteiger partial charge in [-0.25, -0.2) is 0 Å². The largest absolute Gasteiger partial charge is 0.347 e. The maximum atomic E-state index is 5.88. The Balaban J connectivity index is 2.29. The topological polar surface area (TPSA) is 53.9 Å². The van der Waals surface area contributed by atoms with Crippen molar-refractivity contribution < 1.29 is 0 Å². The lowest BCUT2D eigenvalue weighted by Crippen LogP contribution is -2.14. The molecule has 0 fully saturated rings. The molecule has 0 atom stereocenters. The highest BCUT2D eigenvalue weighted by Crippen LogP contribution is 2.22. The van der Waals surface area contributed by atoms with Crippen LogP contribution in [0.5, 0.6) is 0 Å². The molecule has 0 saturated carbocycles. The molecule has 0 aliphatic carbocycles. The number of rotatable bonds is 3. The Hall–Kier alpha value is -1.40. The Morgan fingerprint density at radius 3 is 2.58 bits per heavy atom. The number of aromatic nitrogens is 3. The van der Waals surface area contributed by atoms with E-state index in [1.165, 1.54) is 0 Å². The second-order valence-electron chi connectivity index (χ2n) is 4.21. The van der Waals surface area contributed by atoms with Gasteiger partial charge in [-0.1, -0.05) is 15.9 Å². The molecule has 0 aliphatic rings. The molecular formula is C12H13BrClN5. The van der Waals surface area contributed by atoms with Gasteiger partial charge in [0.05, 0.1) is 0 Å². The number of nitrogens with zero attached hydrogens (tertiary/aromatic N) is 4. The summed E-state index contributed by atoms with van der Waals surface area (Å²) >= 11 is 9.34. The molecule has 2 rings (SSSR count). The highest BCUT2D eigenvalue weighted by atomic mass is 79.9. The Morgan fingerprint density at radius 1 is 1.21 bits per heavy atom. The second kappa shape index (κ2) is 5.71. The molecule has 0 unspecified atom stereocenters. The molecule has 0 bridgehead atoms. The van der Waals surface area contributed by atoms with E-state index in [0.717, 1.165) is 15.7 Å². The summed E-state index contributed by atoms with van der Waals surface area (Å²) in [5.74, 6) is 0.932. The van der Waals surface area contributed by atoms with Crippen molar-refractivity contribution in [3.05, 3.63) is 33.5 Å². The second-order valence-corrected chi connectivity index (χ2v) is 5.40. The summed E-state index contributed by atoms with van der Waals surface area (Å²) in [6.07, 6.45) is 0. The average molecular weight is 343 g/mol. The molecule has 7 heteroatoms. The number of hydrogen-bond acceptors (Lipinski definition) is 5. The lowest BCUT2D eigenvalue weighted by Gasteiger charge is -2.12. The van der Waals surface area contributed by atoms with Gasteiger partial charge in [0.1, 0.15) is 0 Å². The predicted octanol–water partition coefficient (Wildman–Crippen LogP) is 3.41. The van der Waals surface area contributed by atoms with Gasteiger partial charge in [0.25, 0.3) is 0 Å². The first-order valence-electron chi connectivity index (χ1n) is 5.58. The average Bonchev–Trinajstić information content (AvgIpc) is 2.33. The smallest absolute Gasteiger partial charge is 0.233 e. The molecule has 1 aromatic heterocycles. The quantitative estimate of drug-likeness (QED) is 0.926. The van der Waals surface area contributed by atoms with Crippen molar-refractivity contribution in [3.8, 4) is 0 Å². The summed E-state index contributed by atoms with van der Waals surface area (Å²) in [4.78, 5) is 14.1. The number of anilines is 3. The normalized spacial score (nSPS) is 10.4. The van der Waals surface area contributed by atoms with Gasteiger partial charge in [0.15, 0.2) is 0 Å². The zero-order valence-electron chi connectivity index (χ0n) is 10.8. The fourth-order valence-corrected chi connectivity index (χ4v) is 1.85. The Kier molecular flexibility index (Phi) is 4.21. The van der Waals surface area contributed by atoms with Crippen molar-refractivity contribution >= 4 is 45.1 Å². The SMILES string of the molecule is Cc1cc(Nc2nc(Cl)nc(N(C)C)n2)ccc1Br. The van der Waals surface area contributed by atoms with Crippen LogP contribution in [0.25, 0.3) is 0 Å². The first-order chi connectivity index (χ1) is 8.95. The van der Waals surface area contributed by atoms with Crippen molar-refractivity contribution in [2.24, 2.45) is 0 Å². The van der Waals surface area contributed by atoms with Crippen LogP contribution in [-0.2, 0) is 0 Å². The van der Waals surface area contributed by atoms with Crippen molar-refractivity contribution in [3.63, 3.8) is 0 Å². The van der Waals surface area contributed by atoms with Crippen LogP contribution in [0.2, 0.25) is 5.28 Å². The molecular weight excluding hydrogens is 330 g/mol. The Labute approximate surface area is 125 Å². The monoisotopic (exact) mass is 341 g/mol. The molecule has 0 radical (unpaired) electrons. The standard InChI is InChI=1S/C12H13BrClN5/c1-7-6-8(4-5-9(7)13)15-11-16-10(14)17-12(18-11)19(2)3/h4-6H,1-3H3,(H,15,16,17,18). The Morgan fingerprint density at radius 2 is 1.95 bits per heavy atom. The molecule has 100 valence electrons. The van der Waals surface area contributed by atoms with Crippen molar-refractivity contribution in [1.29, 1.82) is 0 Å². The maximum Gasteiger partial charge on any atom is 0.233 e. The first kappa shape index (κ1) is 14.0. The van der Waals surface area contributed by atoms with Crippen LogP contribution in [0.3, 0.4) is 0 Å². The fourth-order valence-electron chi connectivity index (χ4n) is 1.45. The van der Waals surface area contributed by atoms with E-state index < -0.39 is 0 Å². The number of halogens is 2. The molecule has 0 amide bonds. The maximum absolute atomic E-state index is 5.88. The summed E-state index contributed by atoms with van der Waals surface area (Å²) in [7, 11) is 3.69. The van der Waals surface area contributed by atoms with Gasteiger partial charge >= 0.3 is 0 Å². The number of aryl methyl sites for hydroxylation is 1. The van der Waals surface area contributed by atoms with Crippen molar-refractivity contribution in [1.82, 2.24) is 15.0 Å². The molecule has 0 aliphatic heterocycles. The third kappa shape index (κ3) is 3.54. The molecule has 1 heterocycles. The minimum Gasteiger partial charge on any atom is -0.347 e. The fraction of sp³-hybridized carbons (Fsp3) is 0.250. The summed E-state index contributed by atoms with van der Waals surface area (Å²) in [6.45, 7) is 2.01. The summed E-state index contributed by atoms with van der Waals surface area (Å²) in [5.41, 5.74) is 2.02. The first-order valence-corrected chi connectivity index (χ1v) is 6.75. The van der Waals surface area contributed by atoms with E-state index in [-0.39, 0.29) is 5.28 Å². The summed E-state index contributed by atoms with van der Waals surface area (Å²) in [5, 5.41) is 3.28. The van der Waals surface area contributed by atoms with Crippen LogP contribution < -0.4 is 10.2 Å². The van der Waals surface area contributed by atoms with E-state index in [0.29, 0.717) is 11.9 Å². The predicted molar refractivity (Wildman–Crippen MR) is 81.3 cm³/mol. The van der Waals surface area contributed by atoms with E-state index in [4.69, 9.17) is 11.6 Å². The Bertz CT molecular complexity index is 603. The van der Waals surface area contributed by atoms with Crippen LogP contribution in [-0.4, -0.2) is 29.0 Å². The van der Waals surface area contributed by atoms with Crippen LogP contribution in [0.4, 0.5) is 17.6 Å². The van der Waals surface area contributed by atoms with Gasteiger partial charge in [0.2, 0.25) is 17.2 Å². The van der Waals surface area contributed by atoms with E-state index in [1.807, 2.05) is 39.2 Å². The zero-order valence-corrected chi connectivity index (χ0v) is 13.1. The summed E-state index contributed by atoms with van der Waals surface area (Å²) < 4.78 is 1.06. The van der Waals surface area contributed by atoms with E-state index >= 15 is 0 Å². The summed E-state index contributed by atoms with van der Waals surface area (Å²) in [6, 6.07) is 5.90. The highest BCUT2D eigenvalue weighted by molar-refractivity contribution is 9.10. The molecule has 5 nitrogen and oxygen atoms in total. The van der Waals surface area contributed by atoms with Gasteiger partial charge in [-0.05, 0) is 42.3 Å². The van der Waals surface area contributed by atoms with Gasteiger partial charge in [-0.3, -0.25) is 0 Å². The van der Waals surface area contributed by atoms with Crippen LogP contribution >= 0.6 is 27.5 Å². The zero-order chi connectivity index (χ0) is 14.0. The van der Waals surface area contributed by atoms with E-state index in [2.05, 4.69) is 36.2 Å². The van der Waals surface area contributed by atoms with E-state index in [1.54, 1.807) is 4.90 Å². The minimum absolute atomic E-state index is 0.162. The molecule has 0 saturated heterocycles. The highest BCUT2D eigenvalue weighted by Gasteiger charge is 2.07. The van der Waals surface area contributed by atoms with Crippen LogP contribution in [0.1, 0.15) is 5.56 Å². The third-order valence-electron chi connectivity index (χ3n) is 2.41. The van der Waals surface area contributed by atoms with E-state index in [9.17, 15) is 0 Å². The lowest BCUT2D eigenvalue weighted by atomic mass is 10.2. The lowest BCUT2D eigenvalue weighted by molar-refractivity contribution is 0.961. The minimum atomic E-state index is 0.162. The molecule has 0 spiro atoms. The molecule has 1 N–H and O–H groups in total. The molecule has 19 heavy (non-hydrogen) atoms. The molecule has 2 aromatic rings. The van der Waals surface area contributed by atoms with Crippen molar-refractivity contribution in [2.75, 3.05) is 24.3 Å². The van der Waals surface area contributed by atoms with Gasteiger partial charge < -0.3 is 10.2 Å². The van der Waals surface area contributed by atoms with Crippen LogP contribution in [0.15, 0.2) is 22.7 Å². The third-order valence-corrected chi connectivity index (χ3v) is 3.47. The molecule has 1 aromatic carbocycles. The number of nitrogens with one attached hydrogen (secondary N) is 1. The van der Waals surface area contributed by atoms with Crippen molar-refractivity contribution in [2.45, 2.75) is 6.92 Å². The number of hydrogen-bond donors (Lipinski definition) is 1. The van der Waals surface area contributed by atoms with Crippen LogP contribution in [0, 0.1) is 6.92 Å². The van der Waals surface area contributed by atoms with Gasteiger partial charge in [-0.2, -0.15) is 15.0 Å².